The molecule has 0 N–H and O–H groups in total. The van der Waals surface area contributed by atoms with Crippen LogP contribution < -0.4 is 0 Å². The average molecular weight is 309 g/mol. The third-order valence-electron chi connectivity index (χ3n) is 4.18. The molecule has 0 spiro atoms. The van der Waals surface area contributed by atoms with Crippen LogP contribution in [-0.2, 0) is 12.8 Å². The smallest absolute Gasteiger partial charge is 0.00236 e. The van der Waals surface area contributed by atoms with Crippen LogP contribution in [0.2, 0.25) is 0 Å². The first-order valence-corrected chi connectivity index (χ1v) is 8.24. The lowest BCUT2D eigenvalue weighted by Crippen LogP contribution is -1.93. The van der Waals surface area contributed by atoms with Gasteiger partial charge in [0.2, 0.25) is 0 Å². The van der Waals surface area contributed by atoms with Gasteiger partial charge in [0.05, 0.1) is 0 Å². The number of allylic oxidation sites excluding steroid dienone is 2. The van der Waals surface area contributed by atoms with Gasteiger partial charge in [0.1, 0.15) is 0 Å². The zero-order valence-corrected chi connectivity index (χ0v) is 13.8. The summed E-state index contributed by atoms with van der Waals surface area (Å²) in [6, 6.07) is 26.7. The number of hydrogen-bond acceptors (Lipinski definition) is 0. The molecular formula is C24H21. The van der Waals surface area contributed by atoms with Crippen LogP contribution in [0.5, 0.6) is 0 Å². The Morgan fingerprint density at radius 2 is 1.21 bits per heavy atom. The molecule has 0 aliphatic heterocycles. The molecule has 0 nitrogen and oxygen atoms in total. The monoisotopic (exact) mass is 309 g/mol. The lowest BCUT2D eigenvalue weighted by Gasteiger charge is -2.15. The summed E-state index contributed by atoms with van der Waals surface area (Å²) in [5.74, 6) is 0. The fourth-order valence-electron chi connectivity index (χ4n) is 3.10. The van der Waals surface area contributed by atoms with Crippen molar-refractivity contribution in [2.75, 3.05) is 0 Å². The van der Waals surface area contributed by atoms with Gasteiger partial charge in [0.25, 0.3) is 0 Å². The van der Waals surface area contributed by atoms with Gasteiger partial charge in [-0.2, -0.15) is 0 Å². The maximum absolute atomic E-state index is 3.89. The summed E-state index contributed by atoms with van der Waals surface area (Å²) < 4.78 is 0. The van der Waals surface area contributed by atoms with Crippen molar-refractivity contribution in [3.63, 3.8) is 0 Å². The first-order chi connectivity index (χ1) is 11.8. The summed E-state index contributed by atoms with van der Waals surface area (Å²) >= 11 is 0. The van der Waals surface area contributed by atoms with E-state index in [1.54, 1.807) is 0 Å². The van der Waals surface area contributed by atoms with Crippen molar-refractivity contribution in [1.29, 1.82) is 0 Å². The molecule has 0 aliphatic rings. The summed E-state index contributed by atoms with van der Waals surface area (Å²) in [4.78, 5) is 0. The van der Waals surface area contributed by atoms with Crippen LogP contribution in [0.1, 0.15) is 11.1 Å². The van der Waals surface area contributed by atoms with Gasteiger partial charge in [0, 0.05) is 0 Å². The maximum Gasteiger partial charge on any atom is -0.00236 e. The molecule has 0 saturated heterocycles. The second kappa shape index (κ2) is 7.61. The predicted molar refractivity (Wildman–Crippen MR) is 104 cm³/mol. The molecule has 0 heteroatoms. The zero-order valence-electron chi connectivity index (χ0n) is 13.8. The fraction of sp³-hybridized carbons (Fsp3) is 0.0833. The van der Waals surface area contributed by atoms with Gasteiger partial charge >= 0.3 is 0 Å². The van der Waals surface area contributed by atoms with Crippen molar-refractivity contribution < 1.29 is 0 Å². The minimum Gasteiger partial charge on any atom is -0.103 e. The molecule has 3 aromatic rings. The van der Waals surface area contributed by atoms with Crippen LogP contribution in [0, 0.1) is 6.07 Å². The van der Waals surface area contributed by atoms with E-state index >= 15 is 0 Å². The van der Waals surface area contributed by atoms with Crippen molar-refractivity contribution in [2.45, 2.75) is 12.8 Å². The van der Waals surface area contributed by atoms with Crippen LogP contribution in [0.25, 0.3) is 22.3 Å². The van der Waals surface area contributed by atoms with Crippen LogP contribution in [0.4, 0.5) is 0 Å². The van der Waals surface area contributed by atoms with Crippen LogP contribution in [0.15, 0.2) is 92.0 Å². The Balaban J connectivity index is 2.20. The highest BCUT2D eigenvalue weighted by Gasteiger charge is 2.12. The fourth-order valence-corrected chi connectivity index (χ4v) is 3.10. The summed E-state index contributed by atoms with van der Waals surface area (Å²) in [6.45, 7) is 7.78. The maximum atomic E-state index is 3.89. The molecule has 0 unspecified atom stereocenters. The molecular weight excluding hydrogens is 288 g/mol. The Morgan fingerprint density at radius 1 is 0.667 bits per heavy atom. The Kier molecular flexibility index (Phi) is 5.08. The third-order valence-corrected chi connectivity index (χ3v) is 4.18. The molecule has 0 fully saturated rings. The van der Waals surface area contributed by atoms with E-state index in [9.17, 15) is 0 Å². The summed E-state index contributed by atoms with van der Waals surface area (Å²) in [5, 5.41) is 0. The van der Waals surface area contributed by atoms with E-state index in [2.05, 4.69) is 79.9 Å². The van der Waals surface area contributed by atoms with Gasteiger partial charge in [-0.3, -0.25) is 0 Å². The topological polar surface area (TPSA) is 0 Å². The predicted octanol–water partition coefficient (Wildman–Crippen LogP) is 6.28. The minimum atomic E-state index is 0.854. The molecule has 0 aliphatic carbocycles. The number of rotatable bonds is 6. The first kappa shape index (κ1) is 16.0. The largest absolute Gasteiger partial charge is 0.103 e. The van der Waals surface area contributed by atoms with Gasteiger partial charge in [-0.25, -0.2) is 0 Å². The lowest BCUT2D eigenvalue weighted by atomic mass is 9.88. The molecule has 0 aromatic heterocycles. The molecule has 1 radical (unpaired) electrons. The van der Waals surface area contributed by atoms with Gasteiger partial charge in [-0.15, -0.1) is 13.2 Å². The van der Waals surface area contributed by atoms with Crippen molar-refractivity contribution in [3.05, 3.63) is 109 Å². The van der Waals surface area contributed by atoms with Crippen LogP contribution in [0.3, 0.4) is 0 Å². The average Bonchev–Trinajstić information content (AvgIpc) is 2.63. The third kappa shape index (κ3) is 3.23. The van der Waals surface area contributed by atoms with E-state index < -0.39 is 0 Å². The molecule has 3 rings (SSSR count). The summed E-state index contributed by atoms with van der Waals surface area (Å²) in [5.41, 5.74) is 7.39. The second-order valence-electron chi connectivity index (χ2n) is 5.76. The number of hydrogen-bond donors (Lipinski definition) is 0. The highest BCUT2D eigenvalue weighted by Crippen LogP contribution is 2.35. The van der Waals surface area contributed by atoms with E-state index in [0.29, 0.717) is 0 Å². The van der Waals surface area contributed by atoms with Crippen LogP contribution in [-0.4, -0.2) is 0 Å². The molecule has 117 valence electrons. The minimum absolute atomic E-state index is 0.854. The first-order valence-electron chi connectivity index (χ1n) is 8.24. The van der Waals surface area contributed by atoms with E-state index in [1.165, 1.54) is 27.8 Å². The van der Waals surface area contributed by atoms with E-state index in [-0.39, 0.29) is 0 Å². The second-order valence-corrected chi connectivity index (χ2v) is 5.76. The Hall–Kier alpha value is -2.86. The summed E-state index contributed by atoms with van der Waals surface area (Å²) in [7, 11) is 0. The molecule has 0 saturated carbocycles. The van der Waals surface area contributed by atoms with Gasteiger partial charge in [-0.05, 0) is 52.3 Å². The van der Waals surface area contributed by atoms with Gasteiger partial charge in [-0.1, -0.05) is 78.9 Å². The quantitative estimate of drug-likeness (QED) is 0.470. The van der Waals surface area contributed by atoms with Crippen molar-refractivity contribution >= 4 is 0 Å². The van der Waals surface area contributed by atoms with E-state index in [0.717, 1.165) is 18.4 Å². The lowest BCUT2D eigenvalue weighted by molar-refractivity contribution is 1.27. The van der Waals surface area contributed by atoms with Gasteiger partial charge in [0.15, 0.2) is 0 Å². The van der Waals surface area contributed by atoms with Crippen molar-refractivity contribution in [1.82, 2.24) is 0 Å². The highest BCUT2D eigenvalue weighted by molar-refractivity contribution is 5.85. The van der Waals surface area contributed by atoms with Crippen LogP contribution >= 0.6 is 0 Å². The Labute approximate surface area is 144 Å². The van der Waals surface area contributed by atoms with Gasteiger partial charge < -0.3 is 0 Å². The van der Waals surface area contributed by atoms with Crippen molar-refractivity contribution in [3.8, 4) is 22.3 Å². The molecule has 0 heterocycles. The zero-order chi connectivity index (χ0) is 16.8. The normalized spacial score (nSPS) is 10.3. The SMILES string of the molecule is C=CCc1ccccc1-c1[c]cccc1-c1ccccc1CC=C. The molecule has 0 bridgehead atoms. The number of benzene rings is 3. The van der Waals surface area contributed by atoms with E-state index in [1.807, 2.05) is 18.2 Å². The Bertz CT molecular complexity index is 783. The molecule has 0 amide bonds. The molecule has 0 atom stereocenters. The van der Waals surface area contributed by atoms with Crippen molar-refractivity contribution in [2.24, 2.45) is 0 Å². The van der Waals surface area contributed by atoms with E-state index in [4.69, 9.17) is 0 Å². The molecule has 24 heavy (non-hydrogen) atoms. The standard InChI is InChI=1S/C24H21/c1-3-11-19-13-5-7-15-21(19)23-17-9-10-18-24(23)22-16-8-6-14-20(22)12-4-2/h3-10,13-17H,1-2,11-12H2. The molecule has 3 aromatic carbocycles. The summed E-state index contributed by atoms with van der Waals surface area (Å²) in [6.07, 6.45) is 5.62. The highest BCUT2D eigenvalue weighted by atomic mass is 14.2. The Morgan fingerprint density at radius 3 is 1.88 bits per heavy atom.